The fourth-order valence-corrected chi connectivity index (χ4v) is 2.19. The molecule has 6 heteroatoms. The summed E-state index contributed by atoms with van der Waals surface area (Å²) in [6, 6.07) is 6.34. The summed E-state index contributed by atoms with van der Waals surface area (Å²) < 4.78 is 0. The predicted octanol–water partition coefficient (Wildman–Crippen LogP) is 2.15. The van der Waals surface area contributed by atoms with Gasteiger partial charge in [0.2, 0.25) is 5.78 Å². The van der Waals surface area contributed by atoms with Gasteiger partial charge in [0.05, 0.1) is 16.7 Å². The van der Waals surface area contributed by atoms with Gasteiger partial charge in [0, 0.05) is 5.56 Å². The lowest BCUT2D eigenvalue weighted by molar-refractivity contribution is 0.0695. The number of carbonyl (C=O) groups is 3. The quantitative estimate of drug-likeness (QED) is 0.589. The largest absolute Gasteiger partial charge is 0.507 e. The summed E-state index contributed by atoms with van der Waals surface area (Å²) in [5.41, 5.74) is -0.507. The molecule has 0 bridgehead atoms. The molecule has 0 atom stereocenters. The van der Waals surface area contributed by atoms with Gasteiger partial charge in [-0.3, -0.25) is 9.59 Å². The summed E-state index contributed by atoms with van der Waals surface area (Å²) in [7, 11) is 0. The van der Waals surface area contributed by atoms with Crippen molar-refractivity contribution >= 4 is 18.0 Å². The lowest BCUT2D eigenvalue weighted by Gasteiger charge is -2.11. The first-order valence-electron chi connectivity index (χ1n) is 6.25. The number of aldehydes is 1. The highest BCUT2D eigenvalue weighted by molar-refractivity contribution is 6.17. The Bertz CT molecular complexity index is 771. The van der Waals surface area contributed by atoms with Crippen LogP contribution in [0.15, 0.2) is 30.3 Å². The summed E-state index contributed by atoms with van der Waals surface area (Å²) in [4.78, 5) is 34.6. The maximum Gasteiger partial charge on any atom is 0.335 e. The van der Waals surface area contributed by atoms with Crippen molar-refractivity contribution in [2.24, 2.45) is 0 Å². The first-order valence-corrected chi connectivity index (χ1v) is 6.25. The van der Waals surface area contributed by atoms with Crippen molar-refractivity contribution in [3.63, 3.8) is 0 Å². The third-order valence-corrected chi connectivity index (χ3v) is 3.23. The van der Waals surface area contributed by atoms with Crippen molar-refractivity contribution in [2.75, 3.05) is 0 Å². The third-order valence-electron chi connectivity index (χ3n) is 3.23. The number of hydrogen-bond acceptors (Lipinski definition) is 5. The molecule has 6 nitrogen and oxygen atoms in total. The summed E-state index contributed by atoms with van der Waals surface area (Å²) in [6.45, 7) is 1.59. The van der Waals surface area contributed by atoms with E-state index >= 15 is 0 Å². The van der Waals surface area contributed by atoms with Crippen molar-refractivity contribution in [3.8, 4) is 11.5 Å². The standard InChI is InChI=1S/C16H12O6/c1-8-3-2-4-11(18)13(8)15(20)14-10(7-17)5-9(16(21)22)6-12(14)19/h2-7,18-19H,1H3,(H,21,22). The van der Waals surface area contributed by atoms with E-state index in [4.69, 9.17) is 5.11 Å². The van der Waals surface area contributed by atoms with E-state index in [0.29, 0.717) is 5.56 Å². The minimum absolute atomic E-state index is 0.0519. The maximum atomic E-state index is 12.5. The van der Waals surface area contributed by atoms with E-state index in [0.717, 1.165) is 12.1 Å². The van der Waals surface area contributed by atoms with Crippen LogP contribution in [0.2, 0.25) is 0 Å². The monoisotopic (exact) mass is 300 g/mol. The molecule has 0 aliphatic rings. The molecule has 0 spiro atoms. The van der Waals surface area contributed by atoms with Crippen LogP contribution in [0.1, 0.15) is 42.2 Å². The average Bonchev–Trinajstić information content (AvgIpc) is 2.45. The number of aromatic hydroxyl groups is 2. The van der Waals surface area contributed by atoms with Crippen molar-refractivity contribution in [3.05, 3.63) is 58.1 Å². The van der Waals surface area contributed by atoms with Gasteiger partial charge in [-0.2, -0.15) is 0 Å². The van der Waals surface area contributed by atoms with E-state index in [9.17, 15) is 24.6 Å². The first kappa shape index (κ1) is 15.2. The second-order valence-electron chi connectivity index (χ2n) is 4.68. The zero-order chi connectivity index (χ0) is 16.4. The van der Waals surface area contributed by atoms with Crippen LogP contribution in [0.5, 0.6) is 11.5 Å². The SMILES string of the molecule is Cc1cccc(O)c1C(=O)c1c(O)cc(C(=O)O)cc1C=O. The van der Waals surface area contributed by atoms with Crippen LogP contribution in [0.4, 0.5) is 0 Å². The molecular weight excluding hydrogens is 288 g/mol. The van der Waals surface area contributed by atoms with Gasteiger partial charge in [-0.15, -0.1) is 0 Å². The van der Waals surface area contributed by atoms with E-state index in [2.05, 4.69) is 0 Å². The third kappa shape index (κ3) is 2.54. The number of carboxylic acid groups (broad SMARTS) is 1. The van der Waals surface area contributed by atoms with Crippen LogP contribution >= 0.6 is 0 Å². The van der Waals surface area contributed by atoms with Crippen LogP contribution in [0.25, 0.3) is 0 Å². The molecule has 0 saturated carbocycles. The molecule has 0 aromatic heterocycles. The molecule has 0 saturated heterocycles. The number of aromatic carboxylic acids is 1. The molecule has 112 valence electrons. The molecule has 22 heavy (non-hydrogen) atoms. The van der Waals surface area contributed by atoms with Crippen LogP contribution in [-0.2, 0) is 0 Å². The van der Waals surface area contributed by atoms with Gasteiger partial charge in [-0.25, -0.2) is 4.79 Å². The van der Waals surface area contributed by atoms with Crippen LogP contribution < -0.4 is 0 Å². The fourth-order valence-electron chi connectivity index (χ4n) is 2.19. The molecule has 2 aromatic carbocycles. The lowest BCUT2D eigenvalue weighted by atomic mass is 9.93. The smallest absolute Gasteiger partial charge is 0.335 e. The Morgan fingerprint density at radius 2 is 1.73 bits per heavy atom. The summed E-state index contributed by atoms with van der Waals surface area (Å²) in [6.07, 6.45) is 0.286. The van der Waals surface area contributed by atoms with E-state index in [1.165, 1.54) is 6.07 Å². The zero-order valence-corrected chi connectivity index (χ0v) is 11.5. The van der Waals surface area contributed by atoms with Crippen LogP contribution in [-0.4, -0.2) is 33.4 Å². The Morgan fingerprint density at radius 3 is 2.27 bits per heavy atom. The Balaban J connectivity index is 2.69. The second kappa shape index (κ2) is 5.69. The van der Waals surface area contributed by atoms with Gasteiger partial charge in [-0.1, -0.05) is 12.1 Å². The van der Waals surface area contributed by atoms with Crippen molar-refractivity contribution in [1.82, 2.24) is 0 Å². The average molecular weight is 300 g/mol. The highest BCUT2D eigenvalue weighted by Gasteiger charge is 2.24. The van der Waals surface area contributed by atoms with Gasteiger partial charge in [-0.05, 0) is 30.7 Å². The Morgan fingerprint density at radius 1 is 1.05 bits per heavy atom. The first-order chi connectivity index (χ1) is 10.4. The highest BCUT2D eigenvalue weighted by Crippen LogP contribution is 2.30. The van der Waals surface area contributed by atoms with E-state index in [-0.39, 0.29) is 34.3 Å². The number of aryl methyl sites for hydroxylation is 1. The Labute approximate surface area is 125 Å². The predicted molar refractivity (Wildman–Crippen MR) is 76.7 cm³/mol. The number of phenolic OH excluding ortho intramolecular Hbond substituents is 2. The number of phenols is 2. The van der Waals surface area contributed by atoms with E-state index in [1.807, 2.05) is 0 Å². The molecule has 0 aliphatic carbocycles. The minimum atomic E-state index is -1.34. The summed E-state index contributed by atoms with van der Waals surface area (Å²) in [5.74, 6) is -3.01. The molecule has 0 radical (unpaired) electrons. The minimum Gasteiger partial charge on any atom is -0.507 e. The van der Waals surface area contributed by atoms with Gasteiger partial charge < -0.3 is 15.3 Å². The number of carbonyl (C=O) groups excluding carboxylic acids is 2. The normalized spacial score (nSPS) is 10.2. The number of rotatable bonds is 4. The Kier molecular flexibility index (Phi) is 3.94. The van der Waals surface area contributed by atoms with E-state index in [1.54, 1.807) is 19.1 Å². The Hall–Kier alpha value is -3.15. The van der Waals surface area contributed by atoms with Gasteiger partial charge in [0.1, 0.15) is 11.5 Å². The molecule has 2 aromatic rings. The van der Waals surface area contributed by atoms with Crippen LogP contribution in [0.3, 0.4) is 0 Å². The fraction of sp³-hybridized carbons (Fsp3) is 0.0625. The number of carboxylic acids is 1. The zero-order valence-electron chi connectivity index (χ0n) is 11.5. The van der Waals surface area contributed by atoms with Gasteiger partial charge >= 0.3 is 5.97 Å². The maximum absolute atomic E-state index is 12.5. The number of benzene rings is 2. The molecule has 0 unspecified atom stereocenters. The molecule has 0 amide bonds. The molecule has 3 N–H and O–H groups in total. The molecule has 0 heterocycles. The number of hydrogen-bond donors (Lipinski definition) is 3. The summed E-state index contributed by atoms with van der Waals surface area (Å²) in [5, 5.41) is 28.7. The van der Waals surface area contributed by atoms with Gasteiger partial charge in [0.15, 0.2) is 6.29 Å². The topological polar surface area (TPSA) is 112 Å². The molecule has 2 rings (SSSR count). The molecule has 0 aliphatic heterocycles. The van der Waals surface area contributed by atoms with Crippen molar-refractivity contribution in [2.45, 2.75) is 6.92 Å². The van der Waals surface area contributed by atoms with Crippen LogP contribution in [0, 0.1) is 6.92 Å². The van der Waals surface area contributed by atoms with Gasteiger partial charge in [0.25, 0.3) is 0 Å². The summed E-state index contributed by atoms with van der Waals surface area (Å²) >= 11 is 0. The number of ketones is 1. The molecular formula is C16H12O6. The van der Waals surface area contributed by atoms with E-state index < -0.39 is 17.5 Å². The van der Waals surface area contributed by atoms with Crippen molar-refractivity contribution in [1.29, 1.82) is 0 Å². The second-order valence-corrected chi connectivity index (χ2v) is 4.68. The highest BCUT2D eigenvalue weighted by atomic mass is 16.4. The van der Waals surface area contributed by atoms with Crippen molar-refractivity contribution < 1.29 is 29.7 Å². The molecule has 0 fully saturated rings. The lowest BCUT2D eigenvalue weighted by Crippen LogP contribution is -2.10.